The summed E-state index contributed by atoms with van der Waals surface area (Å²) < 4.78 is 24.0. The van der Waals surface area contributed by atoms with Crippen molar-refractivity contribution >= 4 is 0 Å². The molecule has 0 spiro atoms. The summed E-state index contributed by atoms with van der Waals surface area (Å²) >= 11 is 0. The molecule has 0 saturated heterocycles. The number of ether oxygens (including phenoxy) is 4. The SMILES string of the molecule is CCCCOc1ccc([C@@H]2Oc3c(COC)cc(OCCCC)cc3[C@H](C)[C@@H]2C)cc1. The Bertz CT molecular complexity index is 815. The van der Waals surface area contributed by atoms with Gasteiger partial charge in [-0.3, -0.25) is 0 Å². The highest BCUT2D eigenvalue weighted by Gasteiger charge is 2.35. The number of unbranched alkanes of at least 4 members (excludes halogenated alkanes) is 2. The van der Waals surface area contributed by atoms with E-state index in [0.717, 1.165) is 61.7 Å². The highest BCUT2D eigenvalue weighted by Crippen LogP contribution is 2.48. The summed E-state index contributed by atoms with van der Waals surface area (Å²) in [6, 6.07) is 12.6. The first-order valence-corrected chi connectivity index (χ1v) is 11.8. The van der Waals surface area contributed by atoms with Gasteiger partial charge in [-0.15, -0.1) is 0 Å². The number of fused-ring (bicyclic) bond motifs is 1. The molecule has 1 heterocycles. The van der Waals surface area contributed by atoms with Gasteiger partial charge < -0.3 is 18.9 Å². The van der Waals surface area contributed by atoms with E-state index in [1.165, 1.54) is 11.1 Å². The van der Waals surface area contributed by atoms with Crippen molar-refractivity contribution in [3.63, 3.8) is 0 Å². The molecule has 0 bridgehead atoms. The van der Waals surface area contributed by atoms with Crippen molar-refractivity contribution in [2.45, 2.75) is 72.0 Å². The largest absolute Gasteiger partial charge is 0.494 e. The van der Waals surface area contributed by atoms with Crippen LogP contribution >= 0.6 is 0 Å². The van der Waals surface area contributed by atoms with E-state index >= 15 is 0 Å². The molecule has 4 heteroatoms. The highest BCUT2D eigenvalue weighted by molar-refractivity contribution is 5.51. The van der Waals surface area contributed by atoms with Crippen LogP contribution in [0.15, 0.2) is 36.4 Å². The maximum atomic E-state index is 6.63. The van der Waals surface area contributed by atoms with Gasteiger partial charge in [-0.2, -0.15) is 0 Å². The van der Waals surface area contributed by atoms with Gasteiger partial charge in [-0.1, -0.05) is 52.7 Å². The van der Waals surface area contributed by atoms with Crippen molar-refractivity contribution in [1.82, 2.24) is 0 Å². The Hall–Kier alpha value is -2.20. The number of hydrogen-bond donors (Lipinski definition) is 0. The molecule has 0 aromatic heterocycles. The fourth-order valence-electron chi connectivity index (χ4n) is 4.08. The second-order valence-corrected chi connectivity index (χ2v) is 8.59. The van der Waals surface area contributed by atoms with E-state index in [2.05, 4.69) is 64.1 Å². The van der Waals surface area contributed by atoms with Crippen LogP contribution in [0.1, 0.15) is 82.1 Å². The first-order valence-electron chi connectivity index (χ1n) is 11.8. The van der Waals surface area contributed by atoms with E-state index in [9.17, 15) is 0 Å². The molecule has 0 aliphatic carbocycles. The van der Waals surface area contributed by atoms with Crippen LogP contribution in [-0.2, 0) is 11.3 Å². The molecule has 2 aromatic carbocycles. The molecular formula is C27H38O4. The Morgan fingerprint density at radius 3 is 2.13 bits per heavy atom. The van der Waals surface area contributed by atoms with Crippen molar-refractivity contribution in [3.8, 4) is 17.2 Å². The number of methoxy groups -OCH3 is 1. The monoisotopic (exact) mass is 426 g/mol. The van der Waals surface area contributed by atoms with Gasteiger partial charge in [0, 0.05) is 24.2 Å². The average Bonchev–Trinajstić information content (AvgIpc) is 2.78. The van der Waals surface area contributed by atoms with E-state index in [4.69, 9.17) is 18.9 Å². The molecule has 170 valence electrons. The molecule has 0 N–H and O–H groups in total. The number of rotatable bonds is 11. The van der Waals surface area contributed by atoms with Crippen molar-refractivity contribution in [3.05, 3.63) is 53.1 Å². The lowest BCUT2D eigenvalue weighted by Crippen LogP contribution is -2.27. The van der Waals surface area contributed by atoms with Gasteiger partial charge in [-0.05, 0) is 48.6 Å². The van der Waals surface area contributed by atoms with E-state index in [1.54, 1.807) is 7.11 Å². The van der Waals surface area contributed by atoms with Gasteiger partial charge in [0.15, 0.2) is 0 Å². The summed E-state index contributed by atoms with van der Waals surface area (Å²) in [6.45, 7) is 10.9. The summed E-state index contributed by atoms with van der Waals surface area (Å²) in [5.74, 6) is 3.46. The smallest absolute Gasteiger partial charge is 0.129 e. The molecule has 1 aliphatic rings. The third-order valence-electron chi connectivity index (χ3n) is 6.21. The van der Waals surface area contributed by atoms with E-state index in [0.29, 0.717) is 18.4 Å². The molecule has 0 unspecified atom stereocenters. The van der Waals surface area contributed by atoms with Crippen LogP contribution in [0.2, 0.25) is 0 Å². The van der Waals surface area contributed by atoms with E-state index in [-0.39, 0.29) is 6.10 Å². The van der Waals surface area contributed by atoms with Gasteiger partial charge in [0.2, 0.25) is 0 Å². The number of benzene rings is 2. The normalized spacial score (nSPS) is 20.1. The molecule has 0 radical (unpaired) electrons. The minimum absolute atomic E-state index is 0.00495. The standard InChI is InChI=1S/C27H38O4/c1-6-8-14-29-23-12-10-21(11-13-23)26-20(4)19(3)25-17-24(30-15-9-7-2)16-22(18-28-5)27(25)31-26/h10-13,16-17,19-20,26H,6-9,14-15,18H2,1-5H3/t19-,20+,26-/m1/s1. The summed E-state index contributed by atoms with van der Waals surface area (Å²) in [4.78, 5) is 0. The minimum atomic E-state index is -0.00495. The molecule has 3 rings (SSSR count). The first kappa shape index (κ1) is 23.5. The summed E-state index contributed by atoms with van der Waals surface area (Å²) in [5, 5.41) is 0. The zero-order valence-electron chi connectivity index (χ0n) is 19.8. The van der Waals surface area contributed by atoms with Crippen molar-refractivity contribution in [2.75, 3.05) is 20.3 Å². The summed E-state index contributed by atoms with van der Waals surface area (Å²) in [5.41, 5.74) is 3.44. The Kier molecular flexibility index (Phi) is 8.65. The molecule has 1 aliphatic heterocycles. The molecule has 0 saturated carbocycles. The lowest BCUT2D eigenvalue weighted by molar-refractivity contribution is 0.0989. The molecule has 4 nitrogen and oxygen atoms in total. The zero-order valence-corrected chi connectivity index (χ0v) is 19.8. The van der Waals surface area contributed by atoms with Crippen molar-refractivity contribution in [2.24, 2.45) is 5.92 Å². The minimum Gasteiger partial charge on any atom is -0.494 e. The van der Waals surface area contributed by atoms with Gasteiger partial charge in [0.25, 0.3) is 0 Å². The Labute approximate surface area is 187 Å². The Morgan fingerprint density at radius 1 is 0.871 bits per heavy atom. The van der Waals surface area contributed by atoms with Crippen LogP contribution in [0, 0.1) is 5.92 Å². The van der Waals surface area contributed by atoms with Crippen LogP contribution in [-0.4, -0.2) is 20.3 Å². The third kappa shape index (κ3) is 5.74. The molecule has 0 amide bonds. The van der Waals surface area contributed by atoms with Crippen LogP contribution in [0.4, 0.5) is 0 Å². The average molecular weight is 427 g/mol. The molecule has 0 fully saturated rings. The quantitative estimate of drug-likeness (QED) is 0.360. The maximum absolute atomic E-state index is 6.63. The second-order valence-electron chi connectivity index (χ2n) is 8.59. The fourth-order valence-corrected chi connectivity index (χ4v) is 4.08. The van der Waals surface area contributed by atoms with Crippen molar-refractivity contribution in [1.29, 1.82) is 0 Å². The lowest BCUT2D eigenvalue weighted by atomic mass is 9.79. The van der Waals surface area contributed by atoms with Crippen LogP contribution in [0.25, 0.3) is 0 Å². The number of hydrogen-bond acceptors (Lipinski definition) is 4. The van der Waals surface area contributed by atoms with Crippen LogP contribution < -0.4 is 14.2 Å². The topological polar surface area (TPSA) is 36.9 Å². The maximum Gasteiger partial charge on any atom is 0.129 e. The molecule has 2 aromatic rings. The lowest BCUT2D eigenvalue weighted by Gasteiger charge is -2.38. The van der Waals surface area contributed by atoms with Gasteiger partial charge in [0.05, 0.1) is 19.8 Å². The summed E-state index contributed by atoms with van der Waals surface area (Å²) in [6.07, 6.45) is 4.38. The Balaban J connectivity index is 1.84. The fraction of sp³-hybridized carbons (Fsp3) is 0.556. The van der Waals surface area contributed by atoms with Crippen molar-refractivity contribution < 1.29 is 18.9 Å². The zero-order chi connectivity index (χ0) is 22.2. The highest BCUT2D eigenvalue weighted by atomic mass is 16.5. The van der Waals surface area contributed by atoms with Crippen LogP contribution in [0.3, 0.4) is 0 Å². The van der Waals surface area contributed by atoms with E-state index in [1.807, 2.05) is 0 Å². The Morgan fingerprint density at radius 2 is 1.52 bits per heavy atom. The van der Waals surface area contributed by atoms with Gasteiger partial charge in [-0.25, -0.2) is 0 Å². The second kappa shape index (κ2) is 11.4. The third-order valence-corrected chi connectivity index (χ3v) is 6.21. The van der Waals surface area contributed by atoms with Gasteiger partial charge >= 0.3 is 0 Å². The molecule has 31 heavy (non-hydrogen) atoms. The first-order chi connectivity index (χ1) is 15.1. The molecule has 3 atom stereocenters. The summed E-state index contributed by atoms with van der Waals surface area (Å²) in [7, 11) is 1.72. The predicted octanol–water partition coefficient (Wildman–Crippen LogP) is 7.06. The van der Waals surface area contributed by atoms with E-state index < -0.39 is 0 Å². The van der Waals surface area contributed by atoms with Crippen LogP contribution in [0.5, 0.6) is 17.2 Å². The predicted molar refractivity (Wildman–Crippen MR) is 125 cm³/mol. The molecular weight excluding hydrogens is 388 g/mol. The van der Waals surface area contributed by atoms with Gasteiger partial charge in [0.1, 0.15) is 23.4 Å².